The molecule has 5 nitrogen and oxygen atoms in total. The number of hydrogen-bond acceptors (Lipinski definition) is 4. The van der Waals surface area contributed by atoms with Crippen LogP contribution in [0.4, 0.5) is 0 Å². The fourth-order valence-corrected chi connectivity index (χ4v) is 0.522. The van der Waals surface area contributed by atoms with Crippen molar-refractivity contribution in [3.63, 3.8) is 0 Å². The van der Waals surface area contributed by atoms with Gasteiger partial charge in [-0.1, -0.05) is 0 Å². The molecule has 0 amide bonds. The first kappa shape index (κ1) is 8.00. The molecule has 0 aliphatic carbocycles. The van der Waals surface area contributed by atoms with Gasteiger partial charge in [0.05, 0.1) is 12.8 Å². The van der Waals surface area contributed by atoms with Crippen molar-refractivity contribution in [2.24, 2.45) is 0 Å². The van der Waals surface area contributed by atoms with Crippen LogP contribution in [0, 0.1) is 0 Å². The van der Waals surface area contributed by atoms with Gasteiger partial charge < -0.3 is 14.6 Å². The van der Waals surface area contributed by atoms with Crippen LogP contribution in [-0.4, -0.2) is 29.9 Å². The standard InChI is InChI=1S/C6H8O5/c7-4(8)1-2-5(9)11-6-3-10-6/h6H,1-3H2,(H,7,8). The fraction of sp³-hybridized carbons (Fsp3) is 0.667. The second-order valence-corrected chi connectivity index (χ2v) is 2.15. The molecular formula is C6H8O5. The van der Waals surface area contributed by atoms with Gasteiger partial charge in [0.2, 0.25) is 6.29 Å². The zero-order valence-corrected chi connectivity index (χ0v) is 5.78. The number of rotatable bonds is 4. The lowest BCUT2D eigenvalue weighted by Gasteiger charge is -1.97. The van der Waals surface area contributed by atoms with E-state index in [1.54, 1.807) is 0 Å². The molecule has 1 heterocycles. The summed E-state index contributed by atoms with van der Waals surface area (Å²) in [6.45, 7) is 0.429. The minimum Gasteiger partial charge on any atom is -0.481 e. The minimum atomic E-state index is -1.00. The molecule has 1 aliphatic heterocycles. The fourth-order valence-electron chi connectivity index (χ4n) is 0.522. The summed E-state index contributed by atoms with van der Waals surface area (Å²) >= 11 is 0. The Hall–Kier alpha value is -1.10. The quantitative estimate of drug-likeness (QED) is 0.453. The van der Waals surface area contributed by atoms with E-state index in [2.05, 4.69) is 9.47 Å². The van der Waals surface area contributed by atoms with Gasteiger partial charge in [-0.2, -0.15) is 0 Å². The smallest absolute Gasteiger partial charge is 0.308 e. The summed E-state index contributed by atoms with van der Waals surface area (Å²) in [7, 11) is 0. The molecule has 1 atom stereocenters. The maximum Gasteiger partial charge on any atom is 0.308 e. The highest BCUT2D eigenvalue weighted by atomic mass is 16.8. The Morgan fingerprint density at radius 2 is 2.18 bits per heavy atom. The van der Waals surface area contributed by atoms with Gasteiger partial charge in [0.15, 0.2) is 0 Å². The van der Waals surface area contributed by atoms with Crippen molar-refractivity contribution < 1.29 is 24.2 Å². The molecule has 1 rings (SSSR count). The van der Waals surface area contributed by atoms with E-state index in [1.165, 1.54) is 0 Å². The Bertz CT molecular complexity index is 172. The van der Waals surface area contributed by atoms with Crippen molar-refractivity contribution in [1.82, 2.24) is 0 Å². The third-order valence-electron chi connectivity index (χ3n) is 1.11. The number of epoxide rings is 1. The first-order valence-corrected chi connectivity index (χ1v) is 3.21. The Labute approximate surface area is 62.9 Å². The summed E-state index contributed by atoms with van der Waals surface area (Å²) in [5, 5.41) is 8.17. The van der Waals surface area contributed by atoms with Gasteiger partial charge in [0.25, 0.3) is 0 Å². The van der Waals surface area contributed by atoms with Gasteiger partial charge in [0.1, 0.15) is 6.61 Å². The van der Waals surface area contributed by atoms with Gasteiger partial charge >= 0.3 is 11.9 Å². The predicted molar refractivity (Wildman–Crippen MR) is 32.7 cm³/mol. The third kappa shape index (κ3) is 3.57. The van der Waals surface area contributed by atoms with Crippen molar-refractivity contribution in [3.8, 4) is 0 Å². The van der Waals surface area contributed by atoms with Crippen molar-refractivity contribution in [3.05, 3.63) is 0 Å². The minimum absolute atomic E-state index is 0.0881. The van der Waals surface area contributed by atoms with Crippen LogP contribution in [0.25, 0.3) is 0 Å². The first-order chi connectivity index (χ1) is 5.18. The first-order valence-electron chi connectivity index (χ1n) is 3.21. The van der Waals surface area contributed by atoms with Crippen molar-refractivity contribution in [2.45, 2.75) is 19.1 Å². The molecule has 0 radical (unpaired) electrons. The molecule has 1 fully saturated rings. The Morgan fingerprint density at radius 1 is 1.55 bits per heavy atom. The number of carbonyl (C=O) groups excluding carboxylic acids is 1. The third-order valence-corrected chi connectivity index (χ3v) is 1.11. The molecule has 0 spiro atoms. The summed E-state index contributed by atoms with van der Waals surface area (Å²) < 4.78 is 9.18. The molecule has 1 unspecified atom stereocenters. The lowest BCUT2D eigenvalue weighted by Crippen LogP contribution is -2.09. The largest absolute Gasteiger partial charge is 0.481 e. The van der Waals surface area contributed by atoms with E-state index in [9.17, 15) is 9.59 Å². The summed E-state index contributed by atoms with van der Waals surface area (Å²) in [6, 6.07) is 0. The lowest BCUT2D eigenvalue weighted by molar-refractivity contribution is -0.151. The average Bonchev–Trinajstić information content (AvgIpc) is 2.67. The van der Waals surface area contributed by atoms with E-state index >= 15 is 0 Å². The van der Waals surface area contributed by atoms with E-state index in [1.807, 2.05) is 0 Å². The summed E-state index contributed by atoms with van der Waals surface area (Å²) in [5.74, 6) is -1.52. The van der Waals surface area contributed by atoms with E-state index in [0.717, 1.165) is 0 Å². The highest BCUT2D eigenvalue weighted by Gasteiger charge is 2.26. The molecule has 0 aromatic rings. The molecule has 1 aliphatic rings. The number of hydrogen-bond donors (Lipinski definition) is 1. The number of esters is 1. The highest BCUT2D eigenvalue weighted by Crippen LogP contribution is 2.11. The van der Waals surface area contributed by atoms with Gasteiger partial charge in [-0.25, -0.2) is 0 Å². The molecule has 0 bridgehead atoms. The molecular weight excluding hydrogens is 152 g/mol. The Balaban J connectivity index is 2.04. The zero-order chi connectivity index (χ0) is 8.27. The average molecular weight is 160 g/mol. The predicted octanol–water partition coefficient (Wildman–Crippen LogP) is -0.249. The molecule has 0 aromatic heterocycles. The number of carboxylic acids is 1. The second kappa shape index (κ2) is 3.34. The van der Waals surface area contributed by atoms with Crippen LogP contribution in [0.15, 0.2) is 0 Å². The number of carbonyl (C=O) groups is 2. The molecule has 1 saturated heterocycles. The maximum absolute atomic E-state index is 10.6. The number of aliphatic carboxylic acids is 1. The van der Waals surface area contributed by atoms with Crippen LogP contribution in [0.5, 0.6) is 0 Å². The monoisotopic (exact) mass is 160 g/mol. The van der Waals surface area contributed by atoms with E-state index in [-0.39, 0.29) is 12.8 Å². The van der Waals surface area contributed by atoms with Crippen LogP contribution >= 0.6 is 0 Å². The number of carboxylic acid groups (broad SMARTS) is 1. The Morgan fingerprint density at radius 3 is 2.64 bits per heavy atom. The van der Waals surface area contributed by atoms with Crippen molar-refractivity contribution in [1.29, 1.82) is 0 Å². The van der Waals surface area contributed by atoms with Crippen molar-refractivity contribution in [2.75, 3.05) is 6.61 Å². The topological polar surface area (TPSA) is 76.1 Å². The van der Waals surface area contributed by atoms with E-state index < -0.39 is 18.2 Å². The maximum atomic E-state index is 10.6. The van der Waals surface area contributed by atoms with Gasteiger partial charge in [-0.3, -0.25) is 9.59 Å². The highest BCUT2D eigenvalue weighted by molar-refractivity contribution is 5.76. The summed E-state index contributed by atoms with van der Waals surface area (Å²) in [4.78, 5) is 20.6. The van der Waals surface area contributed by atoms with Crippen LogP contribution in [0.1, 0.15) is 12.8 Å². The molecule has 62 valence electrons. The van der Waals surface area contributed by atoms with Crippen LogP contribution in [0.3, 0.4) is 0 Å². The van der Waals surface area contributed by atoms with Gasteiger partial charge in [-0.05, 0) is 0 Å². The lowest BCUT2D eigenvalue weighted by atomic mass is 10.3. The van der Waals surface area contributed by atoms with Crippen molar-refractivity contribution >= 4 is 11.9 Å². The molecule has 0 saturated carbocycles. The molecule has 1 N–H and O–H groups in total. The normalized spacial score (nSPS) is 20.9. The number of ether oxygens (including phenoxy) is 2. The summed E-state index contributed by atoms with van der Waals surface area (Å²) in [6.07, 6.45) is -0.697. The van der Waals surface area contributed by atoms with E-state index in [0.29, 0.717) is 6.61 Å². The SMILES string of the molecule is O=C(O)CCC(=O)OC1CO1. The van der Waals surface area contributed by atoms with Crippen LogP contribution < -0.4 is 0 Å². The molecule has 11 heavy (non-hydrogen) atoms. The summed E-state index contributed by atoms with van der Waals surface area (Å²) in [5.41, 5.74) is 0. The van der Waals surface area contributed by atoms with Gasteiger partial charge in [0, 0.05) is 0 Å². The van der Waals surface area contributed by atoms with Gasteiger partial charge in [-0.15, -0.1) is 0 Å². The zero-order valence-electron chi connectivity index (χ0n) is 5.78. The van der Waals surface area contributed by atoms with Crippen LogP contribution in [0.2, 0.25) is 0 Å². The van der Waals surface area contributed by atoms with Crippen LogP contribution in [-0.2, 0) is 19.1 Å². The molecule has 5 heteroatoms. The van der Waals surface area contributed by atoms with E-state index in [4.69, 9.17) is 5.11 Å². The Kier molecular flexibility index (Phi) is 2.43. The second-order valence-electron chi connectivity index (χ2n) is 2.15. The molecule has 0 aromatic carbocycles.